The minimum Gasteiger partial charge on any atom is -0.408 e. The molecule has 19 heavy (non-hydrogen) atoms. The fraction of sp³-hybridized carbons (Fsp3) is 0.462. The smallest absolute Gasteiger partial charge is 0.408 e. The minimum atomic E-state index is -0.725. The zero-order valence-corrected chi connectivity index (χ0v) is 10.8. The Bertz CT molecular complexity index is 602. The van der Waals surface area contributed by atoms with Gasteiger partial charge in [0.2, 0.25) is 0 Å². The summed E-state index contributed by atoms with van der Waals surface area (Å²) in [5.74, 6) is -0.364. The summed E-state index contributed by atoms with van der Waals surface area (Å²) in [6.07, 6.45) is 0.0465. The molecule has 104 valence electrons. The third-order valence-electron chi connectivity index (χ3n) is 3.04. The molecule has 0 aliphatic carbocycles. The van der Waals surface area contributed by atoms with E-state index in [1.54, 1.807) is 13.1 Å². The first-order valence-electron chi connectivity index (χ1n) is 6.20. The molecular weight excluding hydrogens is 248 g/mol. The Hall–Kier alpha value is -1.63. The summed E-state index contributed by atoms with van der Waals surface area (Å²) >= 11 is 0. The molecule has 6 heteroatoms. The second-order valence-electron chi connectivity index (χ2n) is 4.52. The van der Waals surface area contributed by atoms with Gasteiger partial charge in [-0.15, -0.1) is 0 Å². The van der Waals surface area contributed by atoms with Gasteiger partial charge < -0.3 is 19.9 Å². The number of aryl methyl sites for hydroxylation is 1. The van der Waals surface area contributed by atoms with Crippen molar-refractivity contribution in [1.82, 2.24) is 9.88 Å². The highest BCUT2D eigenvalue weighted by atomic mass is 16.4. The highest BCUT2D eigenvalue weighted by Crippen LogP contribution is 2.14. The molecule has 3 N–H and O–H groups in total. The van der Waals surface area contributed by atoms with Gasteiger partial charge in [0.1, 0.15) is 0 Å². The van der Waals surface area contributed by atoms with E-state index in [2.05, 4.69) is 5.32 Å². The lowest BCUT2D eigenvalue weighted by Gasteiger charge is -2.08. The van der Waals surface area contributed by atoms with Gasteiger partial charge in [0.15, 0.2) is 5.58 Å². The zero-order chi connectivity index (χ0) is 13.8. The summed E-state index contributed by atoms with van der Waals surface area (Å²) in [4.78, 5) is 11.4. The molecule has 0 saturated carbocycles. The molecule has 0 fully saturated rings. The van der Waals surface area contributed by atoms with Crippen LogP contribution in [0.2, 0.25) is 0 Å². The SMILES string of the molecule is Cn1c(=O)oc2ccc(CCNCC(O)CO)cc21. The third-order valence-corrected chi connectivity index (χ3v) is 3.04. The molecule has 1 atom stereocenters. The average Bonchev–Trinajstić information content (AvgIpc) is 2.70. The standard InChI is InChI=1S/C13H18N2O4/c1-15-11-6-9(2-3-12(11)19-13(15)18)4-5-14-7-10(17)8-16/h2-3,6,10,14,16-17H,4-5,7-8H2,1H3. The Balaban J connectivity index is 1.98. The summed E-state index contributed by atoms with van der Waals surface area (Å²) in [5, 5.41) is 20.9. The van der Waals surface area contributed by atoms with E-state index in [1.807, 2.05) is 12.1 Å². The Morgan fingerprint density at radius 1 is 1.47 bits per heavy atom. The van der Waals surface area contributed by atoms with E-state index in [-0.39, 0.29) is 12.4 Å². The maximum Gasteiger partial charge on any atom is 0.419 e. The number of fused-ring (bicyclic) bond motifs is 1. The molecular formula is C13H18N2O4. The Kier molecular flexibility index (Phi) is 4.36. The fourth-order valence-electron chi connectivity index (χ4n) is 1.89. The van der Waals surface area contributed by atoms with E-state index < -0.39 is 6.10 Å². The Morgan fingerprint density at radius 3 is 3.00 bits per heavy atom. The number of aromatic nitrogens is 1. The number of aliphatic hydroxyl groups is 2. The molecule has 1 aromatic heterocycles. The number of aliphatic hydroxyl groups excluding tert-OH is 2. The van der Waals surface area contributed by atoms with Crippen molar-refractivity contribution in [2.45, 2.75) is 12.5 Å². The second-order valence-corrected chi connectivity index (χ2v) is 4.52. The molecule has 1 unspecified atom stereocenters. The van der Waals surface area contributed by atoms with E-state index in [9.17, 15) is 9.90 Å². The number of rotatable bonds is 6. The Labute approximate surface area is 110 Å². The number of nitrogens with zero attached hydrogens (tertiary/aromatic N) is 1. The van der Waals surface area contributed by atoms with Crippen molar-refractivity contribution in [2.75, 3.05) is 19.7 Å². The largest absolute Gasteiger partial charge is 0.419 e. The summed E-state index contributed by atoms with van der Waals surface area (Å²) < 4.78 is 6.53. The molecule has 6 nitrogen and oxygen atoms in total. The van der Waals surface area contributed by atoms with E-state index in [0.29, 0.717) is 18.7 Å². The number of hydrogen-bond acceptors (Lipinski definition) is 5. The molecule has 0 aliphatic rings. The van der Waals surface area contributed by atoms with E-state index in [4.69, 9.17) is 9.52 Å². The molecule has 1 aromatic carbocycles. The molecule has 2 rings (SSSR count). The first-order valence-corrected chi connectivity index (χ1v) is 6.20. The molecule has 0 amide bonds. The van der Waals surface area contributed by atoms with Gasteiger partial charge in [0, 0.05) is 13.6 Å². The van der Waals surface area contributed by atoms with Crippen molar-refractivity contribution in [1.29, 1.82) is 0 Å². The van der Waals surface area contributed by atoms with Crippen molar-refractivity contribution in [3.8, 4) is 0 Å². The van der Waals surface area contributed by atoms with Crippen LogP contribution in [0.3, 0.4) is 0 Å². The van der Waals surface area contributed by atoms with Crippen molar-refractivity contribution >= 4 is 11.1 Å². The lowest BCUT2D eigenvalue weighted by atomic mass is 10.1. The van der Waals surface area contributed by atoms with Crippen molar-refractivity contribution in [3.63, 3.8) is 0 Å². The molecule has 2 aromatic rings. The van der Waals surface area contributed by atoms with Crippen LogP contribution in [0.1, 0.15) is 5.56 Å². The second kappa shape index (κ2) is 6.01. The first kappa shape index (κ1) is 13.8. The van der Waals surface area contributed by atoms with Gasteiger partial charge in [-0.25, -0.2) is 4.79 Å². The summed E-state index contributed by atoms with van der Waals surface area (Å²) in [5.41, 5.74) is 2.44. The highest BCUT2D eigenvalue weighted by molar-refractivity contribution is 5.73. The van der Waals surface area contributed by atoms with Gasteiger partial charge in [0.25, 0.3) is 0 Å². The van der Waals surface area contributed by atoms with Crippen LogP contribution >= 0.6 is 0 Å². The van der Waals surface area contributed by atoms with E-state index >= 15 is 0 Å². The molecule has 0 radical (unpaired) electrons. The fourth-order valence-corrected chi connectivity index (χ4v) is 1.89. The average molecular weight is 266 g/mol. The molecule has 0 bridgehead atoms. The Morgan fingerprint density at radius 2 is 2.26 bits per heavy atom. The van der Waals surface area contributed by atoms with E-state index in [1.165, 1.54) is 4.57 Å². The third kappa shape index (κ3) is 3.23. The number of nitrogens with one attached hydrogen (secondary N) is 1. The predicted molar refractivity (Wildman–Crippen MR) is 71.1 cm³/mol. The van der Waals surface area contributed by atoms with Gasteiger partial charge in [-0.1, -0.05) is 6.07 Å². The van der Waals surface area contributed by atoms with Crippen LogP contribution in [0.4, 0.5) is 0 Å². The number of hydrogen-bond donors (Lipinski definition) is 3. The van der Waals surface area contributed by atoms with Crippen LogP contribution in [0, 0.1) is 0 Å². The maximum absolute atomic E-state index is 11.4. The summed E-state index contributed by atoms with van der Waals surface area (Å²) in [6, 6.07) is 5.62. The van der Waals surface area contributed by atoms with Crippen molar-refractivity contribution < 1.29 is 14.6 Å². The monoisotopic (exact) mass is 266 g/mol. The van der Waals surface area contributed by atoms with Gasteiger partial charge in [-0.2, -0.15) is 0 Å². The normalized spacial score (nSPS) is 13.0. The van der Waals surface area contributed by atoms with Gasteiger partial charge in [0.05, 0.1) is 18.2 Å². The first-order chi connectivity index (χ1) is 9.11. The van der Waals surface area contributed by atoms with Crippen LogP contribution in [-0.2, 0) is 13.5 Å². The van der Waals surface area contributed by atoms with Crippen LogP contribution in [-0.4, -0.2) is 40.6 Å². The maximum atomic E-state index is 11.4. The molecule has 0 aliphatic heterocycles. The van der Waals surface area contributed by atoms with Crippen molar-refractivity contribution in [3.05, 3.63) is 34.3 Å². The summed E-state index contributed by atoms with van der Waals surface area (Å²) in [7, 11) is 1.67. The number of oxazole rings is 1. The van der Waals surface area contributed by atoms with E-state index in [0.717, 1.165) is 17.5 Å². The highest BCUT2D eigenvalue weighted by Gasteiger charge is 2.06. The van der Waals surface area contributed by atoms with Gasteiger partial charge in [-0.3, -0.25) is 4.57 Å². The van der Waals surface area contributed by atoms with Crippen LogP contribution in [0.15, 0.2) is 27.4 Å². The predicted octanol–water partition coefficient (Wildman–Crippen LogP) is -0.383. The van der Waals surface area contributed by atoms with Crippen molar-refractivity contribution in [2.24, 2.45) is 7.05 Å². The molecule has 0 spiro atoms. The topological polar surface area (TPSA) is 87.6 Å². The molecule has 1 heterocycles. The minimum absolute atomic E-state index is 0.240. The zero-order valence-electron chi connectivity index (χ0n) is 10.8. The van der Waals surface area contributed by atoms with Crippen LogP contribution in [0.5, 0.6) is 0 Å². The quantitative estimate of drug-likeness (QED) is 0.620. The van der Waals surface area contributed by atoms with Gasteiger partial charge >= 0.3 is 5.76 Å². The number of benzene rings is 1. The lowest BCUT2D eigenvalue weighted by Crippen LogP contribution is -2.30. The van der Waals surface area contributed by atoms with Gasteiger partial charge in [-0.05, 0) is 30.7 Å². The van der Waals surface area contributed by atoms with Crippen LogP contribution in [0.25, 0.3) is 11.1 Å². The van der Waals surface area contributed by atoms with Crippen LogP contribution < -0.4 is 11.1 Å². The summed E-state index contributed by atoms with van der Waals surface area (Å²) in [6.45, 7) is 0.813. The molecule has 0 saturated heterocycles. The lowest BCUT2D eigenvalue weighted by molar-refractivity contribution is 0.0947.